The Labute approximate surface area is 95.1 Å². The Balaban J connectivity index is 2.17. The van der Waals surface area contributed by atoms with E-state index in [-0.39, 0.29) is 0 Å². The average molecular weight is 226 g/mol. The molecule has 0 radical (unpaired) electrons. The predicted molar refractivity (Wildman–Crippen MR) is 61.2 cm³/mol. The monoisotopic (exact) mass is 226 g/mol. The zero-order valence-corrected chi connectivity index (χ0v) is 9.69. The van der Waals surface area contributed by atoms with Gasteiger partial charge in [-0.15, -0.1) is 0 Å². The van der Waals surface area contributed by atoms with Gasteiger partial charge in [-0.05, 0) is 6.42 Å². The molecule has 6 nitrogen and oxygen atoms in total. The van der Waals surface area contributed by atoms with Gasteiger partial charge in [-0.25, -0.2) is 0 Å². The molecule has 16 heavy (non-hydrogen) atoms. The van der Waals surface area contributed by atoms with Crippen molar-refractivity contribution in [3.8, 4) is 0 Å². The number of methoxy groups -OCH3 is 1. The molecule has 1 rings (SSSR count). The van der Waals surface area contributed by atoms with Gasteiger partial charge in [-0.2, -0.15) is 0 Å². The maximum Gasteiger partial charge on any atom is 0.191 e. The molecule has 1 aromatic rings. The van der Waals surface area contributed by atoms with Crippen LogP contribution in [0.4, 0.5) is 0 Å². The Morgan fingerprint density at radius 1 is 1.56 bits per heavy atom. The minimum atomic E-state index is 0.598. The molecule has 90 valence electrons. The fraction of sp³-hybridized carbons (Fsp3) is 0.600. The second kappa shape index (κ2) is 7.70. The smallest absolute Gasteiger partial charge is 0.191 e. The molecular formula is C10H18N4O2. The lowest BCUT2D eigenvalue weighted by molar-refractivity contribution is 0.195. The summed E-state index contributed by atoms with van der Waals surface area (Å²) < 4.78 is 9.68. The Morgan fingerprint density at radius 3 is 3.06 bits per heavy atom. The molecule has 0 spiro atoms. The third-order valence-corrected chi connectivity index (χ3v) is 1.97. The molecule has 1 heterocycles. The van der Waals surface area contributed by atoms with Gasteiger partial charge >= 0.3 is 0 Å². The first-order chi connectivity index (χ1) is 7.86. The molecule has 2 N–H and O–H groups in total. The van der Waals surface area contributed by atoms with E-state index in [1.165, 1.54) is 0 Å². The number of guanidine groups is 1. The number of ether oxygens (including phenoxy) is 1. The van der Waals surface area contributed by atoms with Gasteiger partial charge in [-0.1, -0.05) is 5.16 Å². The maximum absolute atomic E-state index is 4.95. The van der Waals surface area contributed by atoms with Gasteiger partial charge in [0.25, 0.3) is 0 Å². The van der Waals surface area contributed by atoms with E-state index >= 15 is 0 Å². The van der Waals surface area contributed by atoms with E-state index in [1.807, 2.05) is 6.07 Å². The maximum atomic E-state index is 4.95. The second-order valence-electron chi connectivity index (χ2n) is 3.19. The largest absolute Gasteiger partial charge is 0.385 e. The van der Waals surface area contributed by atoms with Crippen LogP contribution in [0.3, 0.4) is 0 Å². The molecule has 0 aromatic carbocycles. The van der Waals surface area contributed by atoms with Crippen LogP contribution >= 0.6 is 0 Å². The molecule has 0 fully saturated rings. The zero-order valence-electron chi connectivity index (χ0n) is 9.69. The predicted octanol–water partition coefficient (Wildman–Crippen LogP) is 0.376. The minimum absolute atomic E-state index is 0.598. The van der Waals surface area contributed by atoms with Gasteiger partial charge in [0.15, 0.2) is 5.96 Å². The normalized spacial score (nSPS) is 11.5. The highest BCUT2D eigenvalue weighted by Crippen LogP contribution is 1.92. The van der Waals surface area contributed by atoms with Gasteiger partial charge in [0, 0.05) is 33.4 Å². The molecule has 0 atom stereocenters. The van der Waals surface area contributed by atoms with Crippen molar-refractivity contribution >= 4 is 5.96 Å². The molecule has 0 saturated carbocycles. The molecule has 0 aliphatic carbocycles. The van der Waals surface area contributed by atoms with E-state index < -0.39 is 0 Å². The van der Waals surface area contributed by atoms with Gasteiger partial charge < -0.3 is 19.9 Å². The van der Waals surface area contributed by atoms with Gasteiger partial charge in [0.1, 0.15) is 12.0 Å². The first-order valence-corrected chi connectivity index (χ1v) is 5.19. The number of hydrogen-bond acceptors (Lipinski definition) is 4. The summed E-state index contributed by atoms with van der Waals surface area (Å²) in [5.41, 5.74) is 0.847. The second-order valence-corrected chi connectivity index (χ2v) is 3.19. The Hall–Kier alpha value is -1.56. The van der Waals surface area contributed by atoms with Crippen LogP contribution in [0.25, 0.3) is 0 Å². The van der Waals surface area contributed by atoms with Crippen LogP contribution < -0.4 is 10.6 Å². The summed E-state index contributed by atoms with van der Waals surface area (Å²) in [6, 6.07) is 1.81. The van der Waals surface area contributed by atoms with Crippen molar-refractivity contribution < 1.29 is 9.26 Å². The molecule has 0 aliphatic rings. The van der Waals surface area contributed by atoms with E-state index in [0.29, 0.717) is 6.54 Å². The molecule has 0 saturated heterocycles. The lowest BCUT2D eigenvalue weighted by Crippen LogP contribution is -2.37. The van der Waals surface area contributed by atoms with Crippen molar-refractivity contribution in [1.82, 2.24) is 15.8 Å². The highest BCUT2D eigenvalue weighted by Gasteiger charge is 1.99. The first-order valence-electron chi connectivity index (χ1n) is 5.19. The highest BCUT2D eigenvalue weighted by molar-refractivity contribution is 5.79. The minimum Gasteiger partial charge on any atom is -0.385 e. The topological polar surface area (TPSA) is 71.7 Å². The van der Waals surface area contributed by atoms with Crippen LogP contribution in [0.15, 0.2) is 21.8 Å². The number of nitrogens with one attached hydrogen (secondary N) is 2. The number of aliphatic imine (C=N–C) groups is 1. The summed E-state index contributed by atoms with van der Waals surface area (Å²) in [5, 5.41) is 10.1. The van der Waals surface area contributed by atoms with Crippen molar-refractivity contribution in [3.05, 3.63) is 18.0 Å². The van der Waals surface area contributed by atoms with Crippen molar-refractivity contribution in [3.63, 3.8) is 0 Å². The summed E-state index contributed by atoms with van der Waals surface area (Å²) in [7, 11) is 3.42. The van der Waals surface area contributed by atoms with Gasteiger partial charge in [0.2, 0.25) is 0 Å². The Bertz CT molecular complexity index is 298. The van der Waals surface area contributed by atoms with Crippen LogP contribution in [0.1, 0.15) is 12.1 Å². The standard InChI is InChI=1S/C10H18N4O2/c1-11-10(12-5-3-6-15-2)13-8-9-4-7-16-14-9/h4,7H,3,5-6,8H2,1-2H3,(H2,11,12,13). The van der Waals surface area contributed by atoms with E-state index in [9.17, 15) is 0 Å². The molecule has 1 aromatic heterocycles. The summed E-state index contributed by atoms with van der Waals surface area (Å²) in [4.78, 5) is 4.08. The zero-order chi connectivity index (χ0) is 11.6. The summed E-state index contributed by atoms with van der Waals surface area (Å²) in [5.74, 6) is 0.749. The fourth-order valence-electron chi connectivity index (χ4n) is 1.15. The molecule has 0 amide bonds. The average Bonchev–Trinajstić information content (AvgIpc) is 2.81. The third kappa shape index (κ3) is 4.79. The lowest BCUT2D eigenvalue weighted by Gasteiger charge is -2.10. The lowest BCUT2D eigenvalue weighted by atomic mass is 10.4. The van der Waals surface area contributed by atoms with Crippen LogP contribution in [0.2, 0.25) is 0 Å². The summed E-state index contributed by atoms with van der Waals surface area (Å²) in [6.45, 7) is 2.17. The molecular weight excluding hydrogens is 208 g/mol. The number of nitrogens with zero attached hydrogens (tertiary/aromatic N) is 2. The van der Waals surface area contributed by atoms with Crippen molar-refractivity contribution in [2.45, 2.75) is 13.0 Å². The highest BCUT2D eigenvalue weighted by atomic mass is 16.5. The van der Waals surface area contributed by atoms with E-state index in [1.54, 1.807) is 20.4 Å². The summed E-state index contributed by atoms with van der Waals surface area (Å²) >= 11 is 0. The van der Waals surface area contributed by atoms with Crippen LogP contribution in [-0.4, -0.2) is 38.4 Å². The third-order valence-electron chi connectivity index (χ3n) is 1.97. The molecule has 0 bridgehead atoms. The Morgan fingerprint density at radius 2 is 2.44 bits per heavy atom. The summed E-state index contributed by atoms with van der Waals surface area (Å²) in [6.07, 6.45) is 2.49. The van der Waals surface area contributed by atoms with Gasteiger partial charge in [0.05, 0.1) is 6.54 Å². The van der Waals surface area contributed by atoms with Gasteiger partial charge in [-0.3, -0.25) is 4.99 Å². The van der Waals surface area contributed by atoms with Crippen molar-refractivity contribution in [1.29, 1.82) is 0 Å². The van der Waals surface area contributed by atoms with Crippen LogP contribution in [-0.2, 0) is 11.3 Å². The molecule has 6 heteroatoms. The van der Waals surface area contributed by atoms with E-state index in [0.717, 1.165) is 31.2 Å². The van der Waals surface area contributed by atoms with Crippen molar-refractivity contribution in [2.75, 3.05) is 27.3 Å². The first kappa shape index (κ1) is 12.5. The molecule has 0 aliphatic heterocycles. The van der Waals surface area contributed by atoms with Crippen LogP contribution in [0, 0.1) is 0 Å². The van der Waals surface area contributed by atoms with Crippen LogP contribution in [0.5, 0.6) is 0 Å². The number of aromatic nitrogens is 1. The van der Waals surface area contributed by atoms with Crippen molar-refractivity contribution in [2.24, 2.45) is 4.99 Å². The van der Waals surface area contributed by atoms with E-state index in [2.05, 4.69) is 20.8 Å². The Kier molecular flexibility index (Phi) is 6.02. The number of rotatable bonds is 6. The van der Waals surface area contributed by atoms with E-state index in [4.69, 9.17) is 9.26 Å². The quantitative estimate of drug-likeness (QED) is 0.417. The molecule has 0 unspecified atom stereocenters. The SMILES string of the molecule is CN=C(NCCCOC)NCc1ccon1. The number of hydrogen-bond donors (Lipinski definition) is 2. The fourth-order valence-corrected chi connectivity index (χ4v) is 1.15.